The van der Waals surface area contributed by atoms with Gasteiger partial charge in [0.15, 0.2) is 0 Å². The molecule has 1 N–H and O–H groups in total. The zero-order valence-corrected chi connectivity index (χ0v) is 13.2. The van der Waals surface area contributed by atoms with Crippen LogP contribution in [0.2, 0.25) is 5.02 Å². The van der Waals surface area contributed by atoms with Crippen molar-refractivity contribution in [3.05, 3.63) is 64.2 Å². The number of nitrogens with zero attached hydrogens (tertiary/aromatic N) is 2. The van der Waals surface area contributed by atoms with Crippen molar-refractivity contribution in [1.29, 1.82) is 5.26 Å². The fourth-order valence-corrected chi connectivity index (χ4v) is 2.24. The number of urea groups is 1. The van der Waals surface area contributed by atoms with E-state index in [-0.39, 0.29) is 6.03 Å². The average molecular weight is 314 g/mol. The van der Waals surface area contributed by atoms with Crippen LogP contribution < -0.4 is 5.32 Å². The van der Waals surface area contributed by atoms with Gasteiger partial charge in [0.05, 0.1) is 10.6 Å². The Kier molecular flexibility index (Phi) is 5.03. The molecule has 0 saturated heterocycles. The van der Waals surface area contributed by atoms with Gasteiger partial charge in [-0.25, -0.2) is 4.79 Å². The van der Waals surface area contributed by atoms with Crippen LogP contribution in [0, 0.1) is 18.3 Å². The van der Waals surface area contributed by atoms with Crippen LogP contribution in [0.5, 0.6) is 0 Å². The van der Waals surface area contributed by atoms with E-state index in [1.54, 1.807) is 30.1 Å². The molecule has 22 heavy (non-hydrogen) atoms. The molecule has 0 unspecified atom stereocenters. The maximum atomic E-state index is 12.2. The summed E-state index contributed by atoms with van der Waals surface area (Å²) in [6.45, 7) is 2.53. The predicted molar refractivity (Wildman–Crippen MR) is 87.8 cm³/mol. The Hall–Kier alpha value is -2.51. The number of carbonyl (C=O) groups is 1. The van der Waals surface area contributed by atoms with Crippen molar-refractivity contribution < 1.29 is 4.79 Å². The van der Waals surface area contributed by atoms with Gasteiger partial charge in [0.2, 0.25) is 0 Å². The van der Waals surface area contributed by atoms with Crippen LogP contribution in [-0.4, -0.2) is 18.0 Å². The maximum absolute atomic E-state index is 12.2. The van der Waals surface area contributed by atoms with Crippen molar-refractivity contribution in [2.75, 3.05) is 12.4 Å². The molecule has 2 aromatic carbocycles. The van der Waals surface area contributed by atoms with Gasteiger partial charge in [-0.2, -0.15) is 5.26 Å². The Morgan fingerprint density at radius 1 is 1.32 bits per heavy atom. The normalized spacial score (nSPS) is 9.91. The number of amides is 2. The quantitative estimate of drug-likeness (QED) is 0.924. The van der Waals surface area contributed by atoms with Crippen LogP contribution >= 0.6 is 11.6 Å². The fourth-order valence-electron chi connectivity index (χ4n) is 2.02. The first-order valence-electron chi connectivity index (χ1n) is 6.77. The highest BCUT2D eigenvalue weighted by molar-refractivity contribution is 6.32. The first kappa shape index (κ1) is 15.9. The van der Waals surface area contributed by atoms with Crippen molar-refractivity contribution in [3.63, 3.8) is 0 Å². The number of anilines is 1. The van der Waals surface area contributed by atoms with Crippen molar-refractivity contribution in [2.24, 2.45) is 0 Å². The van der Waals surface area contributed by atoms with Crippen LogP contribution in [-0.2, 0) is 6.54 Å². The molecule has 0 spiro atoms. The number of hydrogen-bond donors (Lipinski definition) is 1. The molecule has 0 bridgehead atoms. The average Bonchev–Trinajstić information content (AvgIpc) is 2.49. The minimum atomic E-state index is -0.232. The van der Waals surface area contributed by atoms with E-state index in [1.165, 1.54) is 0 Å². The highest BCUT2D eigenvalue weighted by atomic mass is 35.5. The SMILES string of the molecule is Cc1ccccc1CN(C)C(=O)Nc1ccc(C#N)c(Cl)c1. The third-order valence-electron chi connectivity index (χ3n) is 3.36. The summed E-state index contributed by atoms with van der Waals surface area (Å²) in [5.41, 5.74) is 3.18. The molecular formula is C17H16ClN3O. The van der Waals surface area contributed by atoms with E-state index in [0.29, 0.717) is 22.8 Å². The summed E-state index contributed by atoms with van der Waals surface area (Å²) in [5, 5.41) is 11.9. The number of nitriles is 1. The molecule has 0 aromatic heterocycles. The third-order valence-corrected chi connectivity index (χ3v) is 3.67. The number of aryl methyl sites for hydroxylation is 1. The summed E-state index contributed by atoms with van der Waals surface area (Å²) in [7, 11) is 1.73. The lowest BCUT2D eigenvalue weighted by Gasteiger charge is -2.19. The largest absolute Gasteiger partial charge is 0.323 e. The molecule has 0 aliphatic rings. The van der Waals surface area contributed by atoms with Gasteiger partial charge in [-0.05, 0) is 36.2 Å². The summed E-state index contributed by atoms with van der Waals surface area (Å²) in [4.78, 5) is 13.8. The van der Waals surface area contributed by atoms with E-state index < -0.39 is 0 Å². The molecular weight excluding hydrogens is 298 g/mol. The zero-order chi connectivity index (χ0) is 16.1. The molecule has 2 amide bonds. The lowest BCUT2D eigenvalue weighted by atomic mass is 10.1. The van der Waals surface area contributed by atoms with E-state index >= 15 is 0 Å². The molecule has 0 aliphatic carbocycles. The molecule has 112 valence electrons. The van der Waals surface area contributed by atoms with Gasteiger partial charge in [-0.15, -0.1) is 0 Å². The van der Waals surface area contributed by atoms with Gasteiger partial charge >= 0.3 is 6.03 Å². The highest BCUT2D eigenvalue weighted by Crippen LogP contribution is 2.20. The van der Waals surface area contributed by atoms with Crippen LogP contribution in [0.4, 0.5) is 10.5 Å². The Bertz CT molecular complexity index is 737. The number of benzene rings is 2. The zero-order valence-electron chi connectivity index (χ0n) is 12.4. The van der Waals surface area contributed by atoms with Crippen molar-refractivity contribution in [1.82, 2.24) is 4.90 Å². The summed E-state index contributed by atoms with van der Waals surface area (Å²) in [6, 6.07) is 14.5. The van der Waals surface area contributed by atoms with Crippen molar-refractivity contribution in [3.8, 4) is 6.07 Å². The van der Waals surface area contributed by atoms with Gasteiger partial charge in [0.1, 0.15) is 6.07 Å². The van der Waals surface area contributed by atoms with Gasteiger partial charge in [-0.3, -0.25) is 0 Å². The van der Waals surface area contributed by atoms with Crippen molar-refractivity contribution >= 4 is 23.3 Å². The molecule has 0 saturated carbocycles. The van der Waals surface area contributed by atoms with E-state index in [9.17, 15) is 4.79 Å². The summed E-state index contributed by atoms with van der Waals surface area (Å²) < 4.78 is 0. The highest BCUT2D eigenvalue weighted by Gasteiger charge is 2.11. The second-order valence-electron chi connectivity index (χ2n) is 5.02. The van der Waals surface area contributed by atoms with Crippen molar-refractivity contribution in [2.45, 2.75) is 13.5 Å². The second-order valence-corrected chi connectivity index (χ2v) is 5.43. The van der Waals surface area contributed by atoms with Crippen LogP contribution in [0.3, 0.4) is 0 Å². The topological polar surface area (TPSA) is 56.1 Å². The number of rotatable bonds is 3. The standard InChI is InChI=1S/C17H16ClN3O/c1-12-5-3-4-6-14(12)11-21(2)17(22)20-15-8-7-13(10-19)16(18)9-15/h3-9H,11H2,1-2H3,(H,20,22). The van der Waals surface area contributed by atoms with Gasteiger partial charge in [0, 0.05) is 19.3 Å². The first-order chi connectivity index (χ1) is 10.5. The Balaban J connectivity index is 2.04. The number of nitrogens with one attached hydrogen (secondary N) is 1. The number of hydrogen-bond acceptors (Lipinski definition) is 2. The minimum Gasteiger partial charge on any atom is -0.323 e. The number of halogens is 1. The predicted octanol–water partition coefficient (Wildman–Crippen LogP) is 4.18. The lowest BCUT2D eigenvalue weighted by molar-refractivity contribution is 0.220. The lowest BCUT2D eigenvalue weighted by Crippen LogP contribution is -2.31. The molecule has 0 atom stereocenters. The molecule has 5 heteroatoms. The van der Waals surface area contributed by atoms with Gasteiger partial charge < -0.3 is 10.2 Å². The molecule has 2 aromatic rings. The summed E-state index contributed by atoms with van der Waals surface area (Å²) >= 11 is 5.96. The van der Waals surface area contributed by atoms with Crippen LogP contribution in [0.15, 0.2) is 42.5 Å². The first-order valence-corrected chi connectivity index (χ1v) is 7.15. The van der Waals surface area contributed by atoms with E-state index in [0.717, 1.165) is 11.1 Å². The maximum Gasteiger partial charge on any atom is 0.321 e. The summed E-state index contributed by atoms with van der Waals surface area (Å²) in [6.07, 6.45) is 0. The molecule has 2 rings (SSSR count). The molecule has 0 aliphatic heterocycles. The second kappa shape index (κ2) is 6.97. The fraction of sp³-hybridized carbons (Fsp3) is 0.176. The Labute approximate surface area is 134 Å². The van der Waals surface area contributed by atoms with E-state index in [1.807, 2.05) is 37.3 Å². The Morgan fingerprint density at radius 3 is 2.68 bits per heavy atom. The van der Waals surface area contributed by atoms with Crippen LogP contribution in [0.1, 0.15) is 16.7 Å². The van der Waals surface area contributed by atoms with E-state index in [4.69, 9.17) is 16.9 Å². The van der Waals surface area contributed by atoms with Gasteiger partial charge in [-0.1, -0.05) is 35.9 Å². The Morgan fingerprint density at radius 2 is 2.05 bits per heavy atom. The molecule has 0 fully saturated rings. The van der Waals surface area contributed by atoms with Crippen LogP contribution in [0.25, 0.3) is 0 Å². The summed E-state index contributed by atoms with van der Waals surface area (Å²) in [5.74, 6) is 0. The molecule has 0 heterocycles. The minimum absolute atomic E-state index is 0.232. The van der Waals surface area contributed by atoms with E-state index in [2.05, 4.69) is 5.32 Å². The van der Waals surface area contributed by atoms with Gasteiger partial charge in [0.25, 0.3) is 0 Å². The monoisotopic (exact) mass is 313 g/mol. The number of carbonyl (C=O) groups excluding carboxylic acids is 1. The molecule has 0 radical (unpaired) electrons. The third kappa shape index (κ3) is 3.78. The molecule has 4 nitrogen and oxygen atoms in total. The smallest absolute Gasteiger partial charge is 0.321 e.